The molecule has 0 bridgehead atoms. The second-order valence-electron chi connectivity index (χ2n) is 5.38. The van der Waals surface area contributed by atoms with Crippen molar-refractivity contribution < 1.29 is 14.7 Å². The molecule has 2 rings (SSSR count). The monoisotopic (exact) mass is 322 g/mol. The largest absolute Gasteiger partial charge is 0.481 e. The predicted molar refractivity (Wildman–Crippen MR) is 79.5 cm³/mol. The number of halogens is 1. The number of anilines is 1. The predicted octanol–water partition coefficient (Wildman–Crippen LogP) is 2.18. The Morgan fingerprint density at radius 3 is 2.86 bits per heavy atom. The first-order valence-corrected chi connectivity index (χ1v) is 7.13. The van der Waals surface area contributed by atoms with Gasteiger partial charge < -0.3 is 15.3 Å². The number of rotatable bonds is 2. The van der Waals surface area contributed by atoms with E-state index in [0.717, 1.165) is 0 Å². The fourth-order valence-corrected chi connectivity index (χ4v) is 2.70. The molecule has 8 heteroatoms. The van der Waals surface area contributed by atoms with E-state index >= 15 is 0 Å². The first-order chi connectivity index (χ1) is 10.4. The van der Waals surface area contributed by atoms with E-state index in [-0.39, 0.29) is 23.2 Å². The summed E-state index contributed by atoms with van der Waals surface area (Å²) in [6, 6.07) is 2.87. The fourth-order valence-electron chi connectivity index (χ4n) is 2.49. The zero-order valence-corrected chi connectivity index (χ0v) is 12.7. The Labute approximate surface area is 132 Å². The van der Waals surface area contributed by atoms with Crippen LogP contribution in [-0.4, -0.2) is 40.1 Å². The van der Waals surface area contributed by atoms with Crippen LogP contribution in [0, 0.1) is 23.2 Å². The Morgan fingerprint density at radius 1 is 1.55 bits per heavy atom. The van der Waals surface area contributed by atoms with Crippen LogP contribution in [0.5, 0.6) is 0 Å². The smallest absolute Gasteiger partial charge is 0.321 e. The number of nitrogens with zero attached hydrogens (tertiary/aromatic N) is 3. The Morgan fingerprint density at radius 2 is 2.27 bits per heavy atom. The minimum absolute atomic E-state index is 0.0807. The highest BCUT2D eigenvalue weighted by atomic mass is 35.5. The normalized spacial score (nSPS) is 21.0. The SMILES string of the molecule is CC1CC(C(=O)O)CN(C(=O)Nc2cnc(C#N)c(Cl)c2)C1. The van der Waals surface area contributed by atoms with Crippen LogP contribution in [0.3, 0.4) is 0 Å². The van der Waals surface area contributed by atoms with Crippen molar-refractivity contribution in [3.05, 3.63) is 23.0 Å². The molecule has 116 valence electrons. The van der Waals surface area contributed by atoms with Crippen LogP contribution < -0.4 is 5.32 Å². The lowest BCUT2D eigenvalue weighted by molar-refractivity contribution is -0.143. The number of carbonyl (C=O) groups is 2. The quantitative estimate of drug-likeness (QED) is 0.868. The zero-order valence-electron chi connectivity index (χ0n) is 11.9. The minimum Gasteiger partial charge on any atom is -0.481 e. The van der Waals surface area contributed by atoms with Crippen molar-refractivity contribution in [1.82, 2.24) is 9.88 Å². The third-order valence-electron chi connectivity index (χ3n) is 3.49. The Balaban J connectivity index is 2.07. The van der Waals surface area contributed by atoms with Gasteiger partial charge in [-0.2, -0.15) is 5.26 Å². The number of nitrogens with one attached hydrogen (secondary N) is 1. The number of aliphatic carboxylic acids is 1. The van der Waals surface area contributed by atoms with Gasteiger partial charge in [-0.05, 0) is 18.4 Å². The topological polar surface area (TPSA) is 106 Å². The molecule has 1 aliphatic rings. The number of hydrogen-bond donors (Lipinski definition) is 2. The maximum absolute atomic E-state index is 12.2. The highest BCUT2D eigenvalue weighted by molar-refractivity contribution is 6.31. The van der Waals surface area contributed by atoms with Crippen LogP contribution in [0.2, 0.25) is 5.02 Å². The first-order valence-electron chi connectivity index (χ1n) is 6.75. The zero-order chi connectivity index (χ0) is 16.3. The molecule has 2 atom stereocenters. The summed E-state index contributed by atoms with van der Waals surface area (Å²) >= 11 is 5.86. The van der Waals surface area contributed by atoms with E-state index in [2.05, 4.69) is 10.3 Å². The second kappa shape index (κ2) is 6.62. The second-order valence-corrected chi connectivity index (χ2v) is 5.78. The number of carbonyl (C=O) groups excluding carboxylic acids is 1. The molecule has 0 aromatic carbocycles. The van der Waals surface area contributed by atoms with Crippen LogP contribution in [0.25, 0.3) is 0 Å². The van der Waals surface area contributed by atoms with E-state index in [1.807, 2.05) is 13.0 Å². The summed E-state index contributed by atoms with van der Waals surface area (Å²) in [4.78, 5) is 28.7. The molecule has 7 nitrogen and oxygen atoms in total. The molecule has 1 aromatic rings. The van der Waals surface area contributed by atoms with Gasteiger partial charge in [0.15, 0.2) is 5.69 Å². The van der Waals surface area contributed by atoms with Crippen LogP contribution in [-0.2, 0) is 4.79 Å². The van der Waals surface area contributed by atoms with Gasteiger partial charge in [0.25, 0.3) is 0 Å². The van der Waals surface area contributed by atoms with E-state index in [4.69, 9.17) is 22.0 Å². The van der Waals surface area contributed by atoms with Gasteiger partial charge >= 0.3 is 12.0 Å². The Hall–Kier alpha value is -2.33. The minimum atomic E-state index is -0.896. The number of carboxylic acids is 1. The summed E-state index contributed by atoms with van der Waals surface area (Å²) in [5.74, 6) is -1.34. The molecule has 1 aromatic heterocycles. The lowest BCUT2D eigenvalue weighted by Crippen LogP contribution is -2.47. The Bertz CT molecular complexity index is 643. The molecule has 0 saturated carbocycles. The maximum atomic E-state index is 12.2. The standard InChI is InChI=1S/C14H15ClN4O3/c1-8-2-9(13(20)21)7-19(6-8)14(22)18-10-3-11(15)12(4-16)17-5-10/h3,5,8-9H,2,6-7H2,1H3,(H,18,22)(H,20,21). The first kappa shape index (κ1) is 16.0. The van der Waals surface area contributed by atoms with Crippen molar-refractivity contribution in [2.45, 2.75) is 13.3 Å². The molecule has 22 heavy (non-hydrogen) atoms. The van der Waals surface area contributed by atoms with Gasteiger partial charge in [0, 0.05) is 13.1 Å². The molecule has 1 fully saturated rings. The van der Waals surface area contributed by atoms with Gasteiger partial charge in [-0.1, -0.05) is 18.5 Å². The van der Waals surface area contributed by atoms with Crippen molar-refractivity contribution in [2.24, 2.45) is 11.8 Å². The summed E-state index contributed by atoms with van der Waals surface area (Å²) < 4.78 is 0. The maximum Gasteiger partial charge on any atom is 0.321 e. The van der Waals surface area contributed by atoms with Crippen molar-refractivity contribution >= 4 is 29.3 Å². The van der Waals surface area contributed by atoms with E-state index in [9.17, 15) is 9.59 Å². The molecule has 2 heterocycles. The van der Waals surface area contributed by atoms with Crippen molar-refractivity contribution in [1.29, 1.82) is 5.26 Å². The number of aromatic nitrogens is 1. The van der Waals surface area contributed by atoms with Gasteiger partial charge in [0.2, 0.25) is 0 Å². The number of pyridine rings is 1. The summed E-state index contributed by atoms with van der Waals surface area (Å²) in [7, 11) is 0. The van der Waals surface area contributed by atoms with Crippen LogP contribution in [0.1, 0.15) is 19.0 Å². The molecule has 2 unspecified atom stereocenters. The molecule has 2 N–H and O–H groups in total. The molecular weight excluding hydrogens is 308 g/mol. The Kier molecular flexibility index (Phi) is 4.83. The van der Waals surface area contributed by atoms with Gasteiger partial charge in [-0.25, -0.2) is 9.78 Å². The van der Waals surface area contributed by atoms with Gasteiger partial charge in [-0.15, -0.1) is 0 Å². The molecule has 1 saturated heterocycles. The van der Waals surface area contributed by atoms with Crippen LogP contribution in [0.15, 0.2) is 12.3 Å². The molecular formula is C14H15ClN4O3. The van der Waals surface area contributed by atoms with Crippen molar-refractivity contribution in [2.75, 3.05) is 18.4 Å². The fraction of sp³-hybridized carbons (Fsp3) is 0.429. The van der Waals surface area contributed by atoms with Crippen LogP contribution >= 0.6 is 11.6 Å². The van der Waals surface area contributed by atoms with E-state index in [0.29, 0.717) is 18.7 Å². The van der Waals surface area contributed by atoms with Crippen molar-refractivity contribution in [3.8, 4) is 6.07 Å². The number of carboxylic acid groups (broad SMARTS) is 1. The molecule has 0 spiro atoms. The molecule has 1 aliphatic heterocycles. The third kappa shape index (κ3) is 3.65. The third-order valence-corrected chi connectivity index (χ3v) is 3.78. The van der Waals surface area contributed by atoms with Gasteiger partial charge in [-0.3, -0.25) is 4.79 Å². The van der Waals surface area contributed by atoms with E-state index < -0.39 is 17.9 Å². The molecule has 0 radical (unpaired) electrons. The summed E-state index contributed by atoms with van der Waals surface area (Å²) in [6.45, 7) is 2.57. The summed E-state index contributed by atoms with van der Waals surface area (Å²) in [5.41, 5.74) is 0.441. The van der Waals surface area contributed by atoms with E-state index in [1.165, 1.54) is 17.2 Å². The van der Waals surface area contributed by atoms with Gasteiger partial charge in [0.05, 0.1) is 22.8 Å². The number of urea groups is 1. The number of likely N-dealkylation sites (tertiary alicyclic amines) is 1. The average molecular weight is 323 g/mol. The summed E-state index contributed by atoms with van der Waals surface area (Å²) in [6.07, 6.45) is 1.90. The number of hydrogen-bond acceptors (Lipinski definition) is 4. The van der Waals surface area contributed by atoms with Crippen molar-refractivity contribution in [3.63, 3.8) is 0 Å². The average Bonchev–Trinajstić information content (AvgIpc) is 2.46. The lowest BCUT2D eigenvalue weighted by atomic mass is 9.91. The lowest BCUT2D eigenvalue weighted by Gasteiger charge is -2.34. The number of nitriles is 1. The highest BCUT2D eigenvalue weighted by Gasteiger charge is 2.31. The number of piperidine rings is 1. The molecule has 0 aliphatic carbocycles. The summed E-state index contributed by atoms with van der Waals surface area (Å²) in [5, 5.41) is 20.7. The molecule has 2 amide bonds. The highest BCUT2D eigenvalue weighted by Crippen LogP contribution is 2.23. The number of amides is 2. The van der Waals surface area contributed by atoms with Crippen LogP contribution in [0.4, 0.5) is 10.5 Å². The van der Waals surface area contributed by atoms with Gasteiger partial charge in [0.1, 0.15) is 6.07 Å². The van der Waals surface area contributed by atoms with E-state index in [1.54, 1.807) is 0 Å².